The van der Waals surface area contributed by atoms with Crippen molar-refractivity contribution >= 4 is 23.9 Å². The molecule has 0 aromatic heterocycles. The zero-order valence-electron chi connectivity index (χ0n) is 13.5. The maximum absolute atomic E-state index is 12.0. The van der Waals surface area contributed by atoms with Crippen LogP contribution in [0.5, 0.6) is 0 Å². The highest BCUT2D eigenvalue weighted by atomic mass is 16.7. The molecule has 2 N–H and O–H groups in total. The van der Waals surface area contributed by atoms with Crippen LogP contribution in [0.2, 0.25) is 0 Å². The lowest BCUT2D eigenvalue weighted by molar-refractivity contribution is -0.200. The summed E-state index contributed by atoms with van der Waals surface area (Å²) in [6.45, 7) is 1.22. The molecule has 1 saturated heterocycles. The summed E-state index contributed by atoms with van der Waals surface area (Å²) in [6.07, 6.45) is -2.40. The largest absolute Gasteiger partial charge is 0.445 e. The van der Waals surface area contributed by atoms with Crippen LogP contribution >= 0.6 is 0 Å². The summed E-state index contributed by atoms with van der Waals surface area (Å²) >= 11 is 0. The Balaban J connectivity index is 1.90. The van der Waals surface area contributed by atoms with E-state index >= 15 is 0 Å². The van der Waals surface area contributed by atoms with Crippen molar-refractivity contribution < 1.29 is 33.9 Å². The van der Waals surface area contributed by atoms with Gasteiger partial charge in [0.15, 0.2) is 6.04 Å². The first-order valence-electron chi connectivity index (χ1n) is 7.61. The van der Waals surface area contributed by atoms with Crippen molar-refractivity contribution in [3.8, 4) is 0 Å². The topological polar surface area (TPSA) is 122 Å². The van der Waals surface area contributed by atoms with Crippen LogP contribution in [-0.4, -0.2) is 46.2 Å². The number of ether oxygens (including phenoxy) is 1. The summed E-state index contributed by atoms with van der Waals surface area (Å²) in [6, 6.07) is 7.36. The minimum Gasteiger partial charge on any atom is -0.445 e. The van der Waals surface area contributed by atoms with Gasteiger partial charge in [-0.25, -0.2) is 9.59 Å². The Morgan fingerprint density at radius 1 is 1.20 bits per heavy atom. The van der Waals surface area contributed by atoms with Gasteiger partial charge in [0, 0.05) is 12.8 Å². The van der Waals surface area contributed by atoms with Crippen LogP contribution in [0.25, 0.3) is 0 Å². The predicted molar refractivity (Wildman–Crippen MR) is 82.4 cm³/mol. The Bertz CT molecular complexity index is 644. The Morgan fingerprint density at radius 3 is 2.36 bits per heavy atom. The van der Waals surface area contributed by atoms with Crippen molar-refractivity contribution in [3.63, 3.8) is 0 Å². The fraction of sp³-hybridized carbons (Fsp3) is 0.375. The number of hydroxylamine groups is 2. The fourth-order valence-corrected chi connectivity index (χ4v) is 2.07. The molecule has 0 spiro atoms. The Morgan fingerprint density at radius 2 is 1.80 bits per heavy atom. The van der Waals surface area contributed by atoms with Crippen LogP contribution in [-0.2, 0) is 30.6 Å². The number of aliphatic hydroxyl groups excluding tert-OH is 1. The summed E-state index contributed by atoms with van der Waals surface area (Å²) in [7, 11) is 0. The van der Waals surface area contributed by atoms with E-state index in [0.29, 0.717) is 5.06 Å². The summed E-state index contributed by atoms with van der Waals surface area (Å²) in [5.74, 6) is -2.46. The van der Waals surface area contributed by atoms with Gasteiger partial charge in [-0.3, -0.25) is 9.59 Å². The van der Waals surface area contributed by atoms with Gasteiger partial charge in [0.1, 0.15) is 6.61 Å². The average molecular weight is 350 g/mol. The summed E-state index contributed by atoms with van der Waals surface area (Å²) in [5, 5.41) is 12.2. The molecule has 1 aromatic rings. The number of benzene rings is 1. The van der Waals surface area contributed by atoms with Gasteiger partial charge in [0.25, 0.3) is 11.8 Å². The third kappa shape index (κ3) is 5.01. The second-order valence-electron chi connectivity index (χ2n) is 5.42. The fourth-order valence-electron chi connectivity index (χ4n) is 2.07. The zero-order chi connectivity index (χ0) is 18.4. The maximum Gasteiger partial charge on any atom is 0.408 e. The number of rotatable bonds is 6. The first-order valence-corrected chi connectivity index (χ1v) is 7.61. The van der Waals surface area contributed by atoms with Gasteiger partial charge in [0.05, 0.1) is 6.10 Å². The number of aliphatic hydroxyl groups is 1. The molecule has 1 aromatic carbocycles. The lowest BCUT2D eigenvalue weighted by Crippen LogP contribution is -2.50. The molecule has 0 radical (unpaired) electrons. The van der Waals surface area contributed by atoms with Gasteiger partial charge < -0.3 is 20.0 Å². The van der Waals surface area contributed by atoms with Crippen molar-refractivity contribution in [1.29, 1.82) is 0 Å². The quantitative estimate of drug-likeness (QED) is 0.706. The van der Waals surface area contributed by atoms with Crippen molar-refractivity contribution in [2.24, 2.45) is 0 Å². The smallest absolute Gasteiger partial charge is 0.408 e. The molecule has 1 fully saturated rings. The molecule has 1 aliphatic heterocycles. The van der Waals surface area contributed by atoms with E-state index < -0.39 is 36.0 Å². The monoisotopic (exact) mass is 350 g/mol. The average Bonchev–Trinajstić information content (AvgIpc) is 2.90. The lowest BCUT2D eigenvalue weighted by atomic mass is 10.2. The maximum atomic E-state index is 12.0. The molecule has 9 heteroatoms. The van der Waals surface area contributed by atoms with E-state index in [1.165, 1.54) is 6.92 Å². The zero-order valence-corrected chi connectivity index (χ0v) is 13.5. The van der Waals surface area contributed by atoms with Crippen LogP contribution in [0.1, 0.15) is 25.3 Å². The normalized spacial score (nSPS) is 16.3. The number of hydrogen-bond acceptors (Lipinski definition) is 7. The van der Waals surface area contributed by atoms with E-state index in [2.05, 4.69) is 10.2 Å². The highest BCUT2D eigenvalue weighted by Gasteiger charge is 2.36. The number of imide groups is 1. The molecular weight excluding hydrogens is 332 g/mol. The third-order valence-corrected chi connectivity index (χ3v) is 3.41. The molecule has 134 valence electrons. The van der Waals surface area contributed by atoms with Crippen LogP contribution in [0, 0.1) is 0 Å². The number of amides is 3. The molecule has 3 amide bonds. The van der Waals surface area contributed by atoms with Crippen molar-refractivity contribution in [3.05, 3.63) is 35.9 Å². The van der Waals surface area contributed by atoms with Crippen LogP contribution in [0.15, 0.2) is 30.3 Å². The van der Waals surface area contributed by atoms with Gasteiger partial charge in [-0.05, 0) is 12.5 Å². The Labute approximate surface area is 143 Å². The summed E-state index contributed by atoms with van der Waals surface area (Å²) in [5.41, 5.74) is 0.738. The van der Waals surface area contributed by atoms with Crippen LogP contribution < -0.4 is 5.32 Å². The van der Waals surface area contributed by atoms with Crippen molar-refractivity contribution in [1.82, 2.24) is 10.4 Å². The second-order valence-corrected chi connectivity index (χ2v) is 5.42. The van der Waals surface area contributed by atoms with E-state index in [0.717, 1.165) is 5.56 Å². The second kappa shape index (κ2) is 8.25. The molecule has 2 rings (SSSR count). The summed E-state index contributed by atoms with van der Waals surface area (Å²) < 4.78 is 4.95. The third-order valence-electron chi connectivity index (χ3n) is 3.41. The number of alkyl carbamates (subject to hydrolysis) is 1. The molecule has 25 heavy (non-hydrogen) atoms. The number of carbonyl (C=O) groups is 4. The molecule has 1 aliphatic rings. The van der Waals surface area contributed by atoms with E-state index in [1.54, 1.807) is 24.3 Å². The van der Waals surface area contributed by atoms with Gasteiger partial charge in [0.2, 0.25) is 0 Å². The molecule has 9 nitrogen and oxygen atoms in total. The van der Waals surface area contributed by atoms with E-state index in [9.17, 15) is 24.3 Å². The molecule has 1 heterocycles. The number of nitrogens with zero attached hydrogens (tertiary/aromatic N) is 1. The molecular formula is C16H18N2O7. The first-order chi connectivity index (χ1) is 11.9. The molecule has 0 aliphatic carbocycles. The van der Waals surface area contributed by atoms with Gasteiger partial charge in [-0.15, -0.1) is 5.06 Å². The van der Waals surface area contributed by atoms with E-state index in [4.69, 9.17) is 4.74 Å². The van der Waals surface area contributed by atoms with E-state index in [-0.39, 0.29) is 19.4 Å². The summed E-state index contributed by atoms with van der Waals surface area (Å²) in [4.78, 5) is 51.4. The molecule has 0 unspecified atom stereocenters. The SMILES string of the molecule is C[C@H](O)[C@H](NC(=O)OCc1ccccc1)C(=O)ON1C(=O)CCC1=O. The van der Waals surface area contributed by atoms with E-state index in [1.807, 2.05) is 6.07 Å². The van der Waals surface area contributed by atoms with Gasteiger partial charge in [-0.2, -0.15) is 0 Å². The highest BCUT2D eigenvalue weighted by Crippen LogP contribution is 2.13. The molecule has 0 bridgehead atoms. The first kappa shape index (κ1) is 18.4. The number of hydrogen-bond donors (Lipinski definition) is 2. The highest BCUT2D eigenvalue weighted by molar-refractivity contribution is 6.01. The van der Waals surface area contributed by atoms with Gasteiger partial charge in [-0.1, -0.05) is 30.3 Å². The van der Waals surface area contributed by atoms with Crippen LogP contribution in [0.4, 0.5) is 4.79 Å². The Kier molecular flexibility index (Phi) is 6.07. The minimum atomic E-state index is -1.50. The number of nitrogens with one attached hydrogen (secondary N) is 1. The minimum absolute atomic E-state index is 0.0304. The predicted octanol–water partition coefficient (Wildman–Crippen LogP) is 0.269. The van der Waals surface area contributed by atoms with Crippen LogP contribution in [0.3, 0.4) is 0 Å². The standard InChI is InChI=1S/C16H18N2O7/c1-10(19)14(15(22)25-18-12(20)7-8-13(18)21)17-16(23)24-9-11-5-3-2-4-6-11/h2-6,10,14,19H,7-9H2,1H3,(H,17,23)/t10-,14-/m0/s1. The molecule has 0 saturated carbocycles. The number of carbonyl (C=O) groups excluding carboxylic acids is 4. The Hall–Kier alpha value is -2.94. The lowest BCUT2D eigenvalue weighted by Gasteiger charge is -2.21. The van der Waals surface area contributed by atoms with Crippen molar-refractivity contribution in [2.75, 3.05) is 0 Å². The molecule has 2 atom stereocenters. The van der Waals surface area contributed by atoms with Gasteiger partial charge >= 0.3 is 12.1 Å². The van der Waals surface area contributed by atoms with Crippen molar-refractivity contribution in [2.45, 2.75) is 38.5 Å².